The SMILES string of the molecule is CC(O)C1CCN(C(=O)c2ccccc2N(C)C(=O)C2CC2)C1. The number of carbonyl (C=O) groups is 2. The molecule has 1 saturated carbocycles. The summed E-state index contributed by atoms with van der Waals surface area (Å²) in [4.78, 5) is 28.6. The summed E-state index contributed by atoms with van der Waals surface area (Å²) >= 11 is 0. The number of nitrogens with zero attached hydrogens (tertiary/aromatic N) is 2. The molecule has 5 nitrogen and oxygen atoms in total. The number of aliphatic hydroxyl groups excluding tert-OH is 1. The number of hydrogen-bond acceptors (Lipinski definition) is 3. The molecule has 124 valence electrons. The highest BCUT2D eigenvalue weighted by Gasteiger charge is 2.35. The molecule has 0 spiro atoms. The van der Waals surface area contributed by atoms with Crippen LogP contribution in [0.2, 0.25) is 0 Å². The molecule has 2 unspecified atom stereocenters. The van der Waals surface area contributed by atoms with Gasteiger partial charge >= 0.3 is 0 Å². The van der Waals surface area contributed by atoms with E-state index in [1.165, 1.54) is 0 Å². The molecular formula is C18H24N2O3. The van der Waals surface area contributed by atoms with Crippen LogP contribution in [0.3, 0.4) is 0 Å². The monoisotopic (exact) mass is 316 g/mol. The Morgan fingerprint density at radius 2 is 1.96 bits per heavy atom. The molecule has 3 rings (SSSR count). The van der Waals surface area contributed by atoms with Crippen LogP contribution in [0.15, 0.2) is 24.3 Å². The Morgan fingerprint density at radius 1 is 1.26 bits per heavy atom. The summed E-state index contributed by atoms with van der Waals surface area (Å²) in [6.07, 6.45) is 2.31. The van der Waals surface area contributed by atoms with Gasteiger partial charge in [0.05, 0.1) is 17.4 Å². The molecule has 5 heteroatoms. The number of rotatable bonds is 4. The lowest BCUT2D eigenvalue weighted by molar-refractivity contribution is -0.119. The van der Waals surface area contributed by atoms with Crippen LogP contribution in [0.5, 0.6) is 0 Å². The first-order valence-electron chi connectivity index (χ1n) is 8.33. The summed E-state index contributed by atoms with van der Waals surface area (Å²) < 4.78 is 0. The highest BCUT2D eigenvalue weighted by atomic mass is 16.3. The topological polar surface area (TPSA) is 60.9 Å². The van der Waals surface area contributed by atoms with Crippen molar-refractivity contribution in [2.75, 3.05) is 25.0 Å². The van der Waals surface area contributed by atoms with Gasteiger partial charge in [0.15, 0.2) is 0 Å². The molecule has 1 heterocycles. The Kier molecular flexibility index (Phi) is 4.39. The van der Waals surface area contributed by atoms with Crippen molar-refractivity contribution in [3.63, 3.8) is 0 Å². The maximum atomic E-state index is 12.9. The third kappa shape index (κ3) is 3.24. The van der Waals surface area contributed by atoms with Gasteiger partial charge in [-0.25, -0.2) is 0 Å². The van der Waals surface area contributed by atoms with Gasteiger partial charge in [-0.1, -0.05) is 12.1 Å². The molecule has 0 radical (unpaired) electrons. The van der Waals surface area contributed by atoms with Gasteiger partial charge in [-0.2, -0.15) is 0 Å². The van der Waals surface area contributed by atoms with Crippen molar-refractivity contribution in [2.45, 2.75) is 32.3 Å². The zero-order valence-electron chi connectivity index (χ0n) is 13.7. The van der Waals surface area contributed by atoms with Crippen molar-refractivity contribution in [2.24, 2.45) is 11.8 Å². The number of anilines is 1. The van der Waals surface area contributed by atoms with Gasteiger partial charge in [-0.05, 0) is 38.3 Å². The maximum Gasteiger partial charge on any atom is 0.255 e. The Balaban J connectivity index is 1.80. The first-order chi connectivity index (χ1) is 11.0. The van der Waals surface area contributed by atoms with Crippen molar-refractivity contribution >= 4 is 17.5 Å². The van der Waals surface area contributed by atoms with Crippen LogP contribution >= 0.6 is 0 Å². The number of carbonyl (C=O) groups excluding carboxylic acids is 2. The van der Waals surface area contributed by atoms with Crippen LogP contribution in [0, 0.1) is 11.8 Å². The van der Waals surface area contributed by atoms with E-state index in [0.29, 0.717) is 24.3 Å². The van der Waals surface area contributed by atoms with Gasteiger partial charge in [0.25, 0.3) is 5.91 Å². The molecule has 1 saturated heterocycles. The van der Waals surface area contributed by atoms with Crippen LogP contribution < -0.4 is 4.90 Å². The van der Waals surface area contributed by atoms with Gasteiger partial charge in [-0.15, -0.1) is 0 Å². The molecule has 1 aliphatic heterocycles. The van der Waals surface area contributed by atoms with E-state index in [1.54, 1.807) is 29.8 Å². The first kappa shape index (κ1) is 16.0. The Morgan fingerprint density at radius 3 is 2.57 bits per heavy atom. The lowest BCUT2D eigenvalue weighted by atomic mass is 10.0. The van der Waals surface area contributed by atoms with E-state index in [0.717, 1.165) is 19.3 Å². The molecule has 1 aromatic carbocycles. The smallest absolute Gasteiger partial charge is 0.255 e. The van der Waals surface area contributed by atoms with Crippen LogP contribution in [0.25, 0.3) is 0 Å². The minimum absolute atomic E-state index is 0.0563. The summed E-state index contributed by atoms with van der Waals surface area (Å²) in [6.45, 7) is 3.00. The zero-order chi connectivity index (χ0) is 16.6. The van der Waals surface area contributed by atoms with E-state index < -0.39 is 6.10 Å². The van der Waals surface area contributed by atoms with Crippen LogP contribution in [-0.2, 0) is 4.79 Å². The predicted octanol–water partition coefficient (Wildman–Crippen LogP) is 1.90. The van der Waals surface area contributed by atoms with Crippen molar-refractivity contribution in [1.29, 1.82) is 0 Å². The van der Waals surface area contributed by atoms with Crippen molar-refractivity contribution < 1.29 is 14.7 Å². The molecular weight excluding hydrogens is 292 g/mol. The third-order valence-corrected chi connectivity index (χ3v) is 4.95. The largest absolute Gasteiger partial charge is 0.393 e. The van der Waals surface area contributed by atoms with E-state index in [1.807, 2.05) is 18.2 Å². The minimum atomic E-state index is -0.401. The van der Waals surface area contributed by atoms with E-state index in [-0.39, 0.29) is 23.7 Å². The number of para-hydroxylation sites is 1. The molecule has 2 aliphatic rings. The third-order valence-electron chi connectivity index (χ3n) is 4.95. The summed E-state index contributed by atoms with van der Waals surface area (Å²) in [5.41, 5.74) is 1.24. The fraction of sp³-hybridized carbons (Fsp3) is 0.556. The van der Waals surface area contributed by atoms with Gasteiger partial charge in [0, 0.05) is 32.0 Å². The van der Waals surface area contributed by atoms with E-state index >= 15 is 0 Å². The summed E-state index contributed by atoms with van der Waals surface area (Å²) in [7, 11) is 1.75. The quantitative estimate of drug-likeness (QED) is 0.923. The highest BCUT2D eigenvalue weighted by Crippen LogP contribution is 2.33. The Bertz CT molecular complexity index is 610. The van der Waals surface area contributed by atoms with E-state index in [9.17, 15) is 14.7 Å². The zero-order valence-corrected chi connectivity index (χ0v) is 13.7. The van der Waals surface area contributed by atoms with Crippen LogP contribution in [0.1, 0.15) is 36.5 Å². The number of likely N-dealkylation sites (tertiary alicyclic amines) is 1. The fourth-order valence-corrected chi connectivity index (χ4v) is 3.21. The normalized spacial score (nSPS) is 22.0. The molecule has 0 aromatic heterocycles. The Hall–Kier alpha value is -1.88. The minimum Gasteiger partial charge on any atom is -0.393 e. The second-order valence-electron chi connectivity index (χ2n) is 6.73. The summed E-state index contributed by atoms with van der Waals surface area (Å²) in [5.74, 6) is 0.291. The van der Waals surface area contributed by atoms with Gasteiger partial charge in [0.2, 0.25) is 5.91 Å². The van der Waals surface area contributed by atoms with Crippen LogP contribution in [0.4, 0.5) is 5.69 Å². The molecule has 0 bridgehead atoms. The molecule has 23 heavy (non-hydrogen) atoms. The summed E-state index contributed by atoms with van der Waals surface area (Å²) in [6, 6.07) is 7.29. The van der Waals surface area contributed by atoms with E-state index in [4.69, 9.17) is 0 Å². The first-order valence-corrected chi connectivity index (χ1v) is 8.33. The highest BCUT2D eigenvalue weighted by molar-refractivity contribution is 6.05. The average Bonchev–Trinajstić information content (AvgIpc) is 3.28. The molecule has 2 amide bonds. The number of aliphatic hydroxyl groups is 1. The van der Waals surface area contributed by atoms with Gasteiger partial charge in [0.1, 0.15) is 0 Å². The van der Waals surface area contributed by atoms with Crippen molar-refractivity contribution in [3.05, 3.63) is 29.8 Å². The molecule has 2 atom stereocenters. The molecule has 1 aliphatic carbocycles. The molecule has 2 fully saturated rings. The standard InChI is InChI=1S/C18H24N2O3/c1-12(21)14-9-10-20(11-14)18(23)15-5-3-4-6-16(15)19(2)17(22)13-7-8-13/h3-6,12-14,21H,7-11H2,1-2H3. The van der Waals surface area contributed by atoms with Crippen LogP contribution in [-0.4, -0.2) is 48.1 Å². The lowest BCUT2D eigenvalue weighted by Gasteiger charge is -2.23. The van der Waals surface area contributed by atoms with Crippen molar-refractivity contribution in [1.82, 2.24) is 4.90 Å². The van der Waals surface area contributed by atoms with Gasteiger partial charge in [-0.3, -0.25) is 9.59 Å². The predicted molar refractivity (Wildman–Crippen MR) is 88.3 cm³/mol. The number of hydrogen-bond donors (Lipinski definition) is 1. The summed E-state index contributed by atoms with van der Waals surface area (Å²) in [5, 5.41) is 9.72. The average molecular weight is 316 g/mol. The lowest BCUT2D eigenvalue weighted by Crippen LogP contribution is -2.34. The van der Waals surface area contributed by atoms with E-state index in [2.05, 4.69) is 0 Å². The van der Waals surface area contributed by atoms with Crippen molar-refractivity contribution in [3.8, 4) is 0 Å². The second-order valence-corrected chi connectivity index (χ2v) is 6.73. The number of benzene rings is 1. The number of amides is 2. The Labute approximate surface area is 136 Å². The van der Waals surface area contributed by atoms with Gasteiger partial charge < -0.3 is 14.9 Å². The maximum absolute atomic E-state index is 12.9. The molecule has 1 aromatic rings. The second kappa shape index (κ2) is 6.32. The fourth-order valence-electron chi connectivity index (χ4n) is 3.21. The molecule has 1 N–H and O–H groups in total.